The minimum Gasteiger partial charge on any atom is -0.506 e. The van der Waals surface area contributed by atoms with Crippen molar-refractivity contribution < 1.29 is 170 Å². The number of nitrogens with zero attached hydrogens (tertiary/aromatic N) is 3. The Morgan fingerprint density at radius 1 is 0.443 bits per heavy atom. The van der Waals surface area contributed by atoms with Gasteiger partial charge >= 0.3 is 0 Å². The van der Waals surface area contributed by atoms with Gasteiger partial charge < -0.3 is 170 Å². The molecule has 454 valence electrons. The standard InChI is InChI=1S/C42H67N3O34/c43-45-44-7-14-29-20(55)27(62)38(71-14)76-31-16(9-50)73-39(28(63)22(31)57)77-30-15(8-49)72-37(26(61)21(30)56)70-12(2-5-47)18(53)25(60)36(67)78-33-32(64)42(68)40(79-41(33,42)10-51)74-13(3-6-48)19(54)23(58)34(65)69-11(1-4-46)17(52)24(59)35(66)75-29/h11-16,20-22,26-40,46-68H,1-10H2/b23-19+,24-17+,25-18-/t11-,12?,13?,14?,15?,16-,20?,21?,22?,26?,27?,28?,29?,30?,31?,32?,33?,34?,35?,36?,37?,38?,39?,40?,41?,42?/m1/s1. The molecule has 0 spiro atoms. The Bertz CT molecular complexity index is 2160. The van der Waals surface area contributed by atoms with E-state index in [1.54, 1.807) is 0 Å². The predicted octanol–water partition coefficient (Wildman–Crippen LogP) is -9.39. The van der Waals surface area contributed by atoms with Crippen LogP contribution < -0.4 is 0 Å². The quantitative estimate of drug-likeness (QED) is 0.0519. The molecule has 5 fully saturated rings. The highest BCUT2D eigenvalue weighted by atomic mass is 16.8. The molecule has 1 saturated carbocycles. The SMILES string of the molecule is [N-]=[N+]=NCC1OC2OC3C(O)C(O)C(OC4C(CO)OC(OC(CCO)/C(O)=C(/O)C(O)OC5C(O)C6(O)C(OC(CCO)/C(O)=C(\O)C(O)O[C@H](CCO)/C(O)=C(\O)C(O)OC1C(O)C2O)OC56CO)C(O)C4O)O[C@@H]3CO. The van der Waals surface area contributed by atoms with Crippen LogP contribution >= 0.6 is 0 Å². The maximum absolute atomic E-state index is 11.6. The van der Waals surface area contributed by atoms with E-state index in [0.29, 0.717) is 0 Å². The summed E-state index contributed by atoms with van der Waals surface area (Å²) >= 11 is 0. The lowest BCUT2D eigenvalue weighted by Gasteiger charge is -2.72. The van der Waals surface area contributed by atoms with E-state index in [4.69, 9.17) is 57.6 Å². The summed E-state index contributed by atoms with van der Waals surface area (Å²) in [6, 6.07) is 0. The molecule has 0 aromatic carbocycles. The van der Waals surface area contributed by atoms with Gasteiger partial charge in [-0.05, 0) is 5.53 Å². The van der Waals surface area contributed by atoms with Gasteiger partial charge in [0, 0.05) is 44.0 Å². The van der Waals surface area contributed by atoms with Crippen LogP contribution in [-0.2, 0) is 52.1 Å². The van der Waals surface area contributed by atoms with Crippen molar-refractivity contribution in [3.05, 3.63) is 45.0 Å². The van der Waals surface area contributed by atoms with Gasteiger partial charge in [-0.3, -0.25) is 0 Å². The summed E-state index contributed by atoms with van der Waals surface area (Å²) in [5.74, 6) is -9.01. The van der Waals surface area contributed by atoms with Crippen molar-refractivity contribution in [2.45, 2.75) is 178 Å². The monoisotopic (exact) mass is 1160 g/mol. The first-order chi connectivity index (χ1) is 37.4. The van der Waals surface area contributed by atoms with E-state index in [1.807, 2.05) is 0 Å². The van der Waals surface area contributed by atoms with E-state index >= 15 is 0 Å². The van der Waals surface area contributed by atoms with Crippen molar-refractivity contribution in [2.24, 2.45) is 5.11 Å². The fourth-order valence-corrected chi connectivity index (χ4v) is 9.57. The first-order valence-electron chi connectivity index (χ1n) is 24.1. The van der Waals surface area contributed by atoms with Gasteiger partial charge in [0.2, 0.25) is 18.9 Å². The molecule has 11 heterocycles. The average Bonchev–Trinajstić information content (AvgIpc) is 2.05. The Labute approximate surface area is 443 Å². The third-order valence-corrected chi connectivity index (χ3v) is 14.0. The molecule has 26 atom stereocenters. The molecule has 0 aromatic heterocycles. The van der Waals surface area contributed by atoms with Gasteiger partial charge in [-0.25, -0.2) is 0 Å². The summed E-state index contributed by atoms with van der Waals surface area (Å²) < 4.78 is 60.3. The van der Waals surface area contributed by atoms with Gasteiger partial charge in [0.25, 0.3) is 0 Å². The van der Waals surface area contributed by atoms with Crippen molar-refractivity contribution in [1.29, 1.82) is 0 Å². The van der Waals surface area contributed by atoms with Crippen LogP contribution in [0.4, 0.5) is 0 Å². The lowest BCUT2D eigenvalue weighted by atomic mass is 9.55. The number of aliphatic hydroxyl groups is 23. The molecule has 10 bridgehead atoms. The molecule has 1 aliphatic carbocycles. The Morgan fingerprint density at radius 2 is 0.823 bits per heavy atom. The Hall–Kier alpha value is -3.79. The van der Waals surface area contributed by atoms with E-state index in [2.05, 4.69) is 10.0 Å². The van der Waals surface area contributed by atoms with Gasteiger partial charge in [-0.1, -0.05) is 5.11 Å². The number of fused-ring (bicyclic) bond motifs is 1. The van der Waals surface area contributed by atoms with Crippen LogP contribution in [0, 0.1) is 0 Å². The van der Waals surface area contributed by atoms with Crippen molar-refractivity contribution in [1.82, 2.24) is 0 Å². The van der Waals surface area contributed by atoms with Crippen molar-refractivity contribution in [2.75, 3.05) is 46.2 Å². The van der Waals surface area contributed by atoms with Crippen molar-refractivity contribution in [3.63, 3.8) is 0 Å². The number of aliphatic hydroxyl groups excluding tert-OH is 22. The summed E-state index contributed by atoms with van der Waals surface area (Å²) in [5.41, 5.74) is 3.83. The number of rotatable bonds is 11. The van der Waals surface area contributed by atoms with Crippen LogP contribution in [0.5, 0.6) is 0 Å². The van der Waals surface area contributed by atoms with Crippen LogP contribution in [0.25, 0.3) is 10.4 Å². The highest BCUT2D eigenvalue weighted by Gasteiger charge is 2.86. The fraction of sp³-hybridized carbons (Fsp3) is 0.857. The zero-order chi connectivity index (χ0) is 58.6. The number of hydrogen-bond donors (Lipinski definition) is 23. The molecule has 24 unspecified atom stereocenters. The van der Waals surface area contributed by atoms with Gasteiger partial charge in [0.1, 0.15) is 97.7 Å². The molecule has 11 aliphatic heterocycles. The first kappa shape index (κ1) is 64.4. The van der Waals surface area contributed by atoms with Gasteiger partial charge in [-0.15, -0.1) is 0 Å². The normalized spacial score (nSPS) is 49.0. The Kier molecular flexibility index (Phi) is 22.1. The fourth-order valence-electron chi connectivity index (χ4n) is 9.57. The molecular formula is C42H67N3O34. The minimum atomic E-state index is -2.79. The van der Waals surface area contributed by atoms with E-state index < -0.39 is 259 Å². The third kappa shape index (κ3) is 12.5. The molecular weight excluding hydrogens is 1090 g/mol. The summed E-state index contributed by atoms with van der Waals surface area (Å²) in [6.07, 6.45) is -54.8. The molecule has 12 aliphatic rings. The second-order valence-electron chi connectivity index (χ2n) is 18.8. The average molecular weight is 1160 g/mol. The second kappa shape index (κ2) is 27.1. The zero-order valence-electron chi connectivity index (χ0n) is 41.0. The predicted molar refractivity (Wildman–Crippen MR) is 240 cm³/mol. The number of ether oxygens (including phenoxy) is 11. The van der Waals surface area contributed by atoms with Gasteiger partial charge in [0.05, 0.1) is 32.5 Å². The Balaban J connectivity index is 1.36. The molecule has 79 heavy (non-hydrogen) atoms. The Morgan fingerprint density at radius 3 is 1.24 bits per heavy atom. The van der Waals surface area contributed by atoms with Crippen LogP contribution in [0.2, 0.25) is 0 Å². The molecule has 0 radical (unpaired) electrons. The second-order valence-corrected chi connectivity index (χ2v) is 18.8. The lowest BCUT2D eigenvalue weighted by molar-refractivity contribution is -0.533. The van der Waals surface area contributed by atoms with Crippen LogP contribution in [0.15, 0.2) is 39.7 Å². The smallest absolute Gasteiger partial charge is 0.218 e. The summed E-state index contributed by atoms with van der Waals surface area (Å²) in [5, 5.41) is 252. The van der Waals surface area contributed by atoms with Crippen molar-refractivity contribution in [3.8, 4) is 0 Å². The number of azide groups is 1. The highest BCUT2D eigenvalue weighted by molar-refractivity contribution is 5.32. The molecule has 37 heteroatoms. The van der Waals surface area contributed by atoms with E-state index in [1.165, 1.54) is 0 Å². The lowest BCUT2D eigenvalue weighted by Crippen LogP contribution is -2.96. The molecule has 4 saturated heterocycles. The first-order valence-corrected chi connectivity index (χ1v) is 24.1. The molecule has 0 amide bonds. The number of hydrogen-bond acceptors (Lipinski definition) is 35. The van der Waals surface area contributed by atoms with Crippen LogP contribution in [0.3, 0.4) is 0 Å². The largest absolute Gasteiger partial charge is 0.506 e. The highest BCUT2D eigenvalue weighted by Crippen LogP contribution is 2.59. The maximum atomic E-state index is 11.6. The molecule has 23 N–H and O–H groups in total. The van der Waals surface area contributed by atoms with Crippen LogP contribution in [0.1, 0.15) is 19.3 Å². The van der Waals surface area contributed by atoms with E-state index in [-0.39, 0.29) is 0 Å². The van der Waals surface area contributed by atoms with Crippen molar-refractivity contribution >= 4 is 0 Å². The van der Waals surface area contributed by atoms with Gasteiger partial charge in [-0.2, -0.15) is 0 Å². The summed E-state index contributed by atoms with van der Waals surface area (Å²) in [6.45, 7) is -7.06. The maximum Gasteiger partial charge on any atom is 0.218 e. The molecule has 37 nitrogen and oxygen atoms in total. The topological polar surface area (TPSA) is 616 Å². The zero-order valence-corrected chi connectivity index (χ0v) is 41.0. The van der Waals surface area contributed by atoms with Gasteiger partial charge in [0.15, 0.2) is 70.9 Å². The summed E-state index contributed by atoms with van der Waals surface area (Å²) in [4.78, 5) is 2.56. The van der Waals surface area contributed by atoms with E-state index in [0.717, 1.165) is 0 Å². The third-order valence-electron chi connectivity index (χ3n) is 14.0. The van der Waals surface area contributed by atoms with Crippen LogP contribution in [-0.4, -0.2) is 323 Å². The van der Waals surface area contributed by atoms with E-state index in [9.17, 15) is 117 Å². The minimum absolute atomic E-state index is 0.704. The summed E-state index contributed by atoms with van der Waals surface area (Å²) in [7, 11) is 0. The molecule has 0 aromatic rings. The molecule has 12 rings (SSSR count).